The van der Waals surface area contributed by atoms with Crippen molar-refractivity contribution in [2.75, 3.05) is 5.01 Å². The van der Waals surface area contributed by atoms with E-state index >= 15 is 0 Å². The van der Waals surface area contributed by atoms with Crippen molar-refractivity contribution in [3.05, 3.63) is 41.9 Å². The Morgan fingerprint density at radius 1 is 1.36 bits per heavy atom. The van der Waals surface area contributed by atoms with E-state index in [1.807, 2.05) is 40.9 Å². The fraction of sp³-hybridized carbons (Fsp3) is 0. The molecule has 0 aliphatic carbocycles. The summed E-state index contributed by atoms with van der Waals surface area (Å²) >= 11 is 1.56. The Kier molecular flexibility index (Phi) is 1.83. The zero-order chi connectivity index (χ0) is 7.52. The van der Waals surface area contributed by atoms with E-state index in [0.29, 0.717) is 0 Å². The van der Waals surface area contributed by atoms with E-state index in [-0.39, 0.29) is 0 Å². The topological polar surface area (TPSA) is 15.3 Å². The zero-order valence-corrected chi connectivity index (χ0v) is 6.64. The first-order chi connectivity index (χ1) is 5.47. The SMILES string of the molecule is [c]1ccc(N2C=CSN2)cc1. The smallest absolute Gasteiger partial charge is 0.0580 e. The van der Waals surface area contributed by atoms with Gasteiger partial charge in [-0.05, 0) is 30.1 Å². The van der Waals surface area contributed by atoms with Crippen LogP contribution < -0.4 is 9.84 Å². The second-order valence-corrected chi connectivity index (χ2v) is 2.81. The van der Waals surface area contributed by atoms with Crippen LogP contribution in [0, 0.1) is 6.07 Å². The lowest BCUT2D eigenvalue weighted by Crippen LogP contribution is -2.22. The summed E-state index contributed by atoms with van der Waals surface area (Å²) in [6.07, 6.45) is 1.99. The van der Waals surface area contributed by atoms with Crippen molar-refractivity contribution in [2.45, 2.75) is 0 Å². The number of rotatable bonds is 1. The van der Waals surface area contributed by atoms with Gasteiger partial charge in [0.1, 0.15) is 0 Å². The summed E-state index contributed by atoms with van der Waals surface area (Å²) in [4.78, 5) is 3.10. The Balaban J connectivity index is 2.23. The summed E-state index contributed by atoms with van der Waals surface area (Å²) in [5, 5.41) is 3.95. The predicted molar refractivity (Wildman–Crippen MR) is 47.6 cm³/mol. The number of hydrazine groups is 1. The number of nitrogens with zero attached hydrogens (tertiary/aromatic N) is 1. The van der Waals surface area contributed by atoms with E-state index in [1.54, 1.807) is 11.9 Å². The lowest BCUT2D eigenvalue weighted by molar-refractivity contribution is 1.01. The molecule has 1 aromatic carbocycles. The van der Waals surface area contributed by atoms with Crippen LogP contribution in [0.3, 0.4) is 0 Å². The highest BCUT2D eigenvalue weighted by Crippen LogP contribution is 2.17. The Bertz CT molecular complexity index is 258. The van der Waals surface area contributed by atoms with Crippen molar-refractivity contribution in [3.63, 3.8) is 0 Å². The van der Waals surface area contributed by atoms with Gasteiger partial charge < -0.3 is 0 Å². The van der Waals surface area contributed by atoms with Gasteiger partial charge in [-0.1, -0.05) is 12.1 Å². The van der Waals surface area contributed by atoms with Crippen LogP contribution in [-0.2, 0) is 0 Å². The first-order valence-electron chi connectivity index (χ1n) is 3.30. The summed E-state index contributed by atoms with van der Waals surface area (Å²) < 4.78 is 0. The molecule has 1 radical (unpaired) electrons. The molecule has 0 aromatic heterocycles. The molecule has 55 valence electrons. The van der Waals surface area contributed by atoms with E-state index in [4.69, 9.17) is 0 Å². The molecule has 0 spiro atoms. The summed E-state index contributed by atoms with van der Waals surface area (Å²) in [6.45, 7) is 0. The third-order valence-electron chi connectivity index (χ3n) is 1.41. The minimum absolute atomic E-state index is 1.13. The second-order valence-electron chi connectivity index (χ2n) is 2.12. The summed E-state index contributed by atoms with van der Waals surface area (Å²) in [5.74, 6) is 0. The predicted octanol–water partition coefficient (Wildman–Crippen LogP) is 1.93. The molecule has 3 heteroatoms. The monoisotopic (exact) mass is 163 g/mol. The Hall–Kier alpha value is -0.930. The molecule has 0 unspecified atom stereocenters. The van der Waals surface area contributed by atoms with E-state index in [0.717, 1.165) is 5.69 Å². The van der Waals surface area contributed by atoms with Crippen molar-refractivity contribution in [2.24, 2.45) is 0 Å². The van der Waals surface area contributed by atoms with Crippen LogP contribution in [-0.4, -0.2) is 0 Å². The average Bonchev–Trinajstić information content (AvgIpc) is 2.58. The molecule has 11 heavy (non-hydrogen) atoms. The van der Waals surface area contributed by atoms with Crippen LogP contribution in [0.2, 0.25) is 0 Å². The van der Waals surface area contributed by atoms with E-state index < -0.39 is 0 Å². The van der Waals surface area contributed by atoms with Gasteiger partial charge >= 0.3 is 0 Å². The van der Waals surface area contributed by atoms with Gasteiger partial charge in [-0.15, -0.1) is 0 Å². The Morgan fingerprint density at radius 2 is 2.18 bits per heavy atom. The second kappa shape index (κ2) is 2.98. The summed E-state index contributed by atoms with van der Waals surface area (Å²) in [6, 6.07) is 10.8. The maximum Gasteiger partial charge on any atom is 0.0580 e. The van der Waals surface area contributed by atoms with Gasteiger partial charge in [-0.2, -0.15) is 4.83 Å². The quantitative estimate of drug-likeness (QED) is 0.637. The Morgan fingerprint density at radius 3 is 2.82 bits per heavy atom. The largest absolute Gasteiger partial charge is 0.274 e. The molecule has 1 aliphatic heterocycles. The van der Waals surface area contributed by atoms with Crippen LogP contribution in [0.1, 0.15) is 0 Å². The molecule has 2 nitrogen and oxygen atoms in total. The number of anilines is 1. The molecular weight excluding hydrogens is 156 g/mol. The average molecular weight is 163 g/mol. The van der Waals surface area contributed by atoms with Gasteiger partial charge in [0.05, 0.1) is 5.69 Å². The van der Waals surface area contributed by atoms with Gasteiger partial charge in [0.25, 0.3) is 0 Å². The molecule has 0 amide bonds. The minimum atomic E-state index is 1.13. The maximum absolute atomic E-state index is 3.10. The first kappa shape index (κ1) is 6.76. The fourth-order valence-corrected chi connectivity index (χ4v) is 1.41. The standard InChI is InChI=1S/C8H7N2S/c1-2-4-8(5-3-1)10-6-7-11-9-10/h2-7,9H. The molecule has 1 aromatic rings. The lowest BCUT2D eigenvalue weighted by atomic mass is 10.3. The van der Waals surface area contributed by atoms with Crippen molar-refractivity contribution < 1.29 is 0 Å². The molecule has 1 N–H and O–H groups in total. The van der Waals surface area contributed by atoms with Crippen LogP contribution in [0.25, 0.3) is 0 Å². The number of hydrogen-bond acceptors (Lipinski definition) is 3. The van der Waals surface area contributed by atoms with Crippen molar-refractivity contribution in [3.8, 4) is 0 Å². The normalized spacial score (nSPS) is 15.8. The van der Waals surface area contributed by atoms with E-state index in [1.165, 1.54) is 0 Å². The third-order valence-corrected chi connectivity index (χ3v) is 1.97. The van der Waals surface area contributed by atoms with Gasteiger partial charge in [-0.3, -0.25) is 5.01 Å². The van der Waals surface area contributed by atoms with Gasteiger partial charge in [0.15, 0.2) is 0 Å². The molecule has 0 saturated heterocycles. The Labute approximate surface area is 70.0 Å². The van der Waals surface area contributed by atoms with Gasteiger partial charge in [0, 0.05) is 11.6 Å². The van der Waals surface area contributed by atoms with E-state index in [2.05, 4.69) is 10.9 Å². The van der Waals surface area contributed by atoms with Gasteiger partial charge in [-0.25, -0.2) is 0 Å². The molecule has 0 bridgehead atoms. The first-order valence-corrected chi connectivity index (χ1v) is 4.18. The molecule has 1 aliphatic rings. The number of benzene rings is 1. The molecule has 0 atom stereocenters. The molecule has 0 saturated carbocycles. The number of hydrogen-bond donors (Lipinski definition) is 1. The van der Waals surface area contributed by atoms with Crippen LogP contribution in [0.15, 0.2) is 35.9 Å². The molecule has 2 rings (SSSR count). The maximum atomic E-state index is 3.10. The lowest BCUT2D eigenvalue weighted by Gasteiger charge is -2.13. The number of nitrogens with one attached hydrogen (secondary N) is 1. The molecule has 0 fully saturated rings. The molecular formula is C8H7N2S. The van der Waals surface area contributed by atoms with Crippen LogP contribution >= 0.6 is 11.9 Å². The van der Waals surface area contributed by atoms with Crippen molar-refractivity contribution in [1.29, 1.82) is 0 Å². The van der Waals surface area contributed by atoms with Crippen LogP contribution in [0.4, 0.5) is 5.69 Å². The fourth-order valence-electron chi connectivity index (χ4n) is 0.886. The summed E-state index contributed by atoms with van der Waals surface area (Å²) in [5.41, 5.74) is 1.13. The van der Waals surface area contributed by atoms with Crippen molar-refractivity contribution >= 4 is 17.6 Å². The highest BCUT2D eigenvalue weighted by molar-refractivity contribution is 8.00. The van der Waals surface area contributed by atoms with E-state index in [9.17, 15) is 0 Å². The third kappa shape index (κ3) is 1.39. The molecule has 1 heterocycles. The summed E-state index contributed by atoms with van der Waals surface area (Å²) in [7, 11) is 0. The van der Waals surface area contributed by atoms with Gasteiger partial charge in [0.2, 0.25) is 0 Å². The highest BCUT2D eigenvalue weighted by Gasteiger charge is 2.04. The minimum Gasteiger partial charge on any atom is -0.274 e. The zero-order valence-electron chi connectivity index (χ0n) is 5.82. The highest BCUT2D eigenvalue weighted by atomic mass is 32.2. The van der Waals surface area contributed by atoms with Crippen molar-refractivity contribution in [1.82, 2.24) is 4.83 Å². The van der Waals surface area contributed by atoms with Crippen LogP contribution in [0.5, 0.6) is 0 Å².